The molecule has 0 unspecified atom stereocenters. The lowest BCUT2D eigenvalue weighted by atomic mass is 9.97. The Morgan fingerprint density at radius 1 is 1.00 bits per heavy atom. The van der Waals surface area contributed by atoms with Gasteiger partial charge in [0.1, 0.15) is 0 Å². The molecular formula is C10H23NO3. The normalized spacial score (nSPS) is 18.6. The van der Waals surface area contributed by atoms with Crippen molar-refractivity contribution >= 4 is 0 Å². The molecule has 1 saturated heterocycles. The molecule has 0 aromatic carbocycles. The molecule has 86 valence electrons. The number of piperidine rings is 1. The van der Waals surface area contributed by atoms with Crippen molar-refractivity contribution in [2.75, 3.05) is 26.3 Å². The van der Waals surface area contributed by atoms with Crippen LogP contribution < -0.4 is 0 Å². The minimum Gasteiger partial charge on any atom is -0.396 e. The minimum atomic E-state index is -0.306. The van der Waals surface area contributed by atoms with Gasteiger partial charge in [0.15, 0.2) is 0 Å². The maximum atomic E-state index is 8.74. The van der Waals surface area contributed by atoms with Gasteiger partial charge in [-0.1, -0.05) is 20.3 Å². The molecule has 1 aliphatic heterocycles. The zero-order chi connectivity index (χ0) is 11.0. The Kier molecular flexibility index (Phi) is 7.09. The van der Waals surface area contributed by atoms with Gasteiger partial charge >= 0.3 is 0 Å². The standard InChI is InChI=1S/C5H11NO.C5H12O2/c7-6-4-2-1-3-5-6;1-5(2,3-6)4-7/h7H,1-5H2;6-7H,3-4H2,1-2H3. The summed E-state index contributed by atoms with van der Waals surface area (Å²) >= 11 is 0. The monoisotopic (exact) mass is 205 g/mol. The van der Waals surface area contributed by atoms with E-state index in [4.69, 9.17) is 15.4 Å². The van der Waals surface area contributed by atoms with Crippen LogP contribution in [0.2, 0.25) is 0 Å². The second-order valence-corrected chi connectivity index (χ2v) is 4.49. The van der Waals surface area contributed by atoms with Crippen molar-refractivity contribution in [1.29, 1.82) is 0 Å². The summed E-state index contributed by atoms with van der Waals surface area (Å²) in [5.41, 5.74) is -0.306. The van der Waals surface area contributed by atoms with Gasteiger partial charge in [0.25, 0.3) is 0 Å². The maximum absolute atomic E-state index is 8.74. The minimum absolute atomic E-state index is 0.0451. The van der Waals surface area contributed by atoms with Crippen LogP contribution in [-0.2, 0) is 0 Å². The number of hydrogen-bond acceptors (Lipinski definition) is 4. The highest BCUT2D eigenvalue weighted by atomic mass is 16.5. The van der Waals surface area contributed by atoms with Crippen LogP contribution in [0.5, 0.6) is 0 Å². The highest BCUT2D eigenvalue weighted by Gasteiger charge is 2.13. The summed E-state index contributed by atoms with van der Waals surface area (Å²) in [4.78, 5) is 0. The Hall–Kier alpha value is -0.160. The third-order valence-corrected chi connectivity index (χ3v) is 2.19. The molecule has 1 rings (SSSR count). The van der Waals surface area contributed by atoms with E-state index in [1.54, 1.807) is 13.8 Å². The molecule has 0 bridgehead atoms. The van der Waals surface area contributed by atoms with Gasteiger partial charge in [0.2, 0.25) is 0 Å². The first-order valence-electron chi connectivity index (χ1n) is 5.17. The van der Waals surface area contributed by atoms with Gasteiger partial charge in [-0.3, -0.25) is 0 Å². The molecule has 0 aliphatic carbocycles. The van der Waals surface area contributed by atoms with Crippen molar-refractivity contribution in [3.05, 3.63) is 0 Å². The first-order chi connectivity index (χ1) is 6.52. The third-order valence-electron chi connectivity index (χ3n) is 2.19. The van der Waals surface area contributed by atoms with E-state index in [0.717, 1.165) is 25.9 Å². The second-order valence-electron chi connectivity index (χ2n) is 4.49. The largest absolute Gasteiger partial charge is 0.396 e. The van der Waals surface area contributed by atoms with Crippen LogP contribution >= 0.6 is 0 Å². The van der Waals surface area contributed by atoms with Crippen molar-refractivity contribution < 1.29 is 15.4 Å². The molecule has 4 heteroatoms. The summed E-state index contributed by atoms with van der Waals surface area (Å²) < 4.78 is 0. The van der Waals surface area contributed by atoms with Gasteiger partial charge in [-0.25, -0.2) is 0 Å². The Balaban J connectivity index is 0.000000241. The zero-order valence-corrected chi connectivity index (χ0v) is 9.24. The fourth-order valence-corrected chi connectivity index (χ4v) is 0.927. The van der Waals surface area contributed by atoms with E-state index < -0.39 is 0 Å². The first kappa shape index (κ1) is 13.8. The van der Waals surface area contributed by atoms with Crippen LogP contribution in [0.25, 0.3) is 0 Å². The smallest absolute Gasteiger partial charge is 0.0504 e. The molecule has 0 aromatic heterocycles. The maximum Gasteiger partial charge on any atom is 0.0504 e. The summed E-state index contributed by atoms with van der Waals surface area (Å²) in [6.07, 6.45) is 3.62. The molecule has 1 aliphatic rings. The molecule has 1 heterocycles. The predicted octanol–water partition coefficient (Wildman–Crippen LogP) is 0.859. The van der Waals surface area contributed by atoms with Gasteiger partial charge < -0.3 is 15.4 Å². The van der Waals surface area contributed by atoms with E-state index in [9.17, 15) is 0 Å². The van der Waals surface area contributed by atoms with E-state index in [1.165, 1.54) is 11.5 Å². The second kappa shape index (κ2) is 7.17. The van der Waals surface area contributed by atoms with E-state index in [2.05, 4.69) is 0 Å². The van der Waals surface area contributed by atoms with E-state index >= 15 is 0 Å². The number of hydrogen-bond donors (Lipinski definition) is 3. The summed E-state index contributed by atoms with van der Waals surface area (Å²) in [6.45, 7) is 5.44. The van der Waals surface area contributed by atoms with Gasteiger partial charge in [0.05, 0.1) is 13.2 Å². The molecule has 0 aromatic rings. The van der Waals surface area contributed by atoms with Crippen LogP contribution in [-0.4, -0.2) is 46.8 Å². The average Bonchev–Trinajstić information content (AvgIpc) is 2.20. The van der Waals surface area contributed by atoms with Gasteiger partial charge in [-0.05, 0) is 12.8 Å². The molecule has 14 heavy (non-hydrogen) atoms. The average molecular weight is 205 g/mol. The van der Waals surface area contributed by atoms with Gasteiger partial charge in [-0.15, -0.1) is 0 Å². The summed E-state index contributed by atoms with van der Waals surface area (Å²) in [6, 6.07) is 0. The quantitative estimate of drug-likeness (QED) is 0.625. The number of hydroxylamine groups is 2. The predicted molar refractivity (Wildman–Crippen MR) is 55.2 cm³/mol. The first-order valence-corrected chi connectivity index (χ1v) is 5.17. The molecule has 4 nitrogen and oxygen atoms in total. The van der Waals surface area contributed by atoms with Gasteiger partial charge in [-0.2, -0.15) is 5.06 Å². The number of rotatable bonds is 2. The lowest BCUT2D eigenvalue weighted by Gasteiger charge is -2.18. The van der Waals surface area contributed by atoms with Crippen molar-refractivity contribution in [3.63, 3.8) is 0 Å². The van der Waals surface area contributed by atoms with Crippen molar-refractivity contribution in [2.45, 2.75) is 33.1 Å². The van der Waals surface area contributed by atoms with Gasteiger partial charge in [0, 0.05) is 18.5 Å². The number of aliphatic hydroxyl groups is 2. The fraction of sp³-hybridized carbons (Fsp3) is 1.00. The van der Waals surface area contributed by atoms with Crippen molar-refractivity contribution in [3.8, 4) is 0 Å². The molecule has 1 fully saturated rings. The van der Waals surface area contributed by atoms with Crippen LogP contribution in [0.1, 0.15) is 33.1 Å². The summed E-state index contributed by atoms with van der Waals surface area (Å²) in [5.74, 6) is 0. The number of aliphatic hydroxyl groups excluding tert-OH is 2. The SMILES string of the molecule is CC(C)(CO)CO.ON1CCCCC1. The lowest BCUT2D eigenvalue weighted by molar-refractivity contribution is -0.103. The third kappa shape index (κ3) is 7.26. The Labute approximate surface area is 86.1 Å². The topological polar surface area (TPSA) is 63.9 Å². The Morgan fingerprint density at radius 3 is 1.57 bits per heavy atom. The van der Waals surface area contributed by atoms with Crippen LogP contribution in [0.15, 0.2) is 0 Å². The highest BCUT2D eigenvalue weighted by molar-refractivity contribution is 4.62. The van der Waals surface area contributed by atoms with E-state index in [1.807, 2.05) is 0 Å². The van der Waals surface area contributed by atoms with Crippen LogP contribution in [0.3, 0.4) is 0 Å². The van der Waals surface area contributed by atoms with Crippen LogP contribution in [0, 0.1) is 5.41 Å². The highest BCUT2D eigenvalue weighted by Crippen LogP contribution is 2.10. The van der Waals surface area contributed by atoms with Crippen molar-refractivity contribution in [2.24, 2.45) is 5.41 Å². The number of nitrogens with zero attached hydrogens (tertiary/aromatic N) is 1. The van der Waals surface area contributed by atoms with Crippen molar-refractivity contribution in [1.82, 2.24) is 5.06 Å². The van der Waals surface area contributed by atoms with E-state index in [0.29, 0.717) is 0 Å². The molecular weight excluding hydrogens is 182 g/mol. The molecule has 0 atom stereocenters. The molecule has 3 N–H and O–H groups in total. The van der Waals surface area contributed by atoms with Crippen LogP contribution in [0.4, 0.5) is 0 Å². The lowest BCUT2D eigenvalue weighted by Crippen LogP contribution is -2.25. The molecule has 0 spiro atoms. The van der Waals surface area contributed by atoms with E-state index in [-0.39, 0.29) is 18.6 Å². The zero-order valence-electron chi connectivity index (χ0n) is 9.24. The Morgan fingerprint density at radius 2 is 1.43 bits per heavy atom. The summed E-state index contributed by atoms with van der Waals surface area (Å²) in [5, 5.41) is 27.0. The summed E-state index contributed by atoms with van der Waals surface area (Å²) in [7, 11) is 0. The molecule has 0 saturated carbocycles. The Bertz CT molecular complexity index is 127. The fourth-order valence-electron chi connectivity index (χ4n) is 0.927. The molecule has 0 amide bonds. The molecule has 0 radical (unpaired) electrons.